The van der Waals surface area contributed by atoms with E-state index >= 15 is 0 Å². The second-order valence-electron chi connectivity index (χ2n) is 8.63. The van der Waals surface area contributed by atoms with E-state index in [0.717, 1.165) is 37.9 Å². The third-order valence-corrected chi connectivity index (χ3v) is 8.01. The Balaban J connectivity index is 1.54. The lowest BCUT2D eigenvalue weighted by molar-refractivity contribution is -0.137. The molecule has 0 aliphatic rings. The van der Waals surface area contributed by atoms with Crippen molar-refractivity contribution in [1.82, 2.24) is 0 Å². The standard InChI is InChI=1S/C29H26O5S2/c1-4-5-22(16-29(30)31)21-7-9-23(10-8-21)34-17-20-6-13-28-26(15-20)27(18-35-28)25-12-11-24(14-19(25)2)36(3,32)33/h6-15,18,22H,16-17H2,1-3H3,(H,30,31). The summed E-state index contributed by atoms with van der Waals surface area (Å²) in [5, 5.41) is 12.3. The molecule has 7 heteroatoms. The van der Waals surface area contributed by atoms with E-state index in [0.29, 0.717) is 17.3 Å². The molecule has 4 rings (SSSR count). The Morgan fingerprint density at radius 1 is 1.06 bits per heavy atom. The molecule has 1 heterocycles. The van der Waals surface area contributed by atoms with Crippen LogP contribution in [0.15, 0.2) is 70.9 Å². The van der Waals surface area contributed by atoms with E-state index in [4.69, 9.17) is 9.84 Å². The summed E-state index contributed by atoms with van der Waals surface area (Å²) in [4.78, 5) is 11.4. The number of rotatable bonds is 8. The number of carboxylic acid groups (broad SMARTS) is 1. The van der Waals surface area contributed by atoms with Gasteiger partial charge in [0.15, 0.2) is 9.84 Å². The molecule has 0 radical (unpaired) electrons. The molecule has 1 aromatic heterocycles. The van der Waals surface area contributed by atoms with Gasteiger partial charge in [-0.05, 0) is 77.9 Å². The monoisotopic (exact) mass is 518 g/mol. The lowest BCUT2D eigenvalue weighted by Gasteiger charge is -2.11. The van der Waals surface area contributed by atoms with Crippen molar-refractivity contribution in [3.63, 3.8) is 0 Å². The van der Waals surface area contributed by atoms with Gasteiger partial charge in [-0.3, -0.25) is 4.79 Å². The van der Waals surface area contributed by atoms with Crippen LogP contribution in [0.4, 0.5) is 0 Å². The van der Waals surface area contributed by atoms with Crippen LogP contribution >= 0.6 is 11.3 Å². The smallest absolute Gasteiger partial charge is 0.304 e. The molecule has 0 spiro atoms. The SMILES string of the molecule is CC#CC(CC(=O)O)c1ccc(OCc2ccc3scc(-c4ccc(S(C)(=O)=O)cc4C)c3c2)cc1. The first-order valence-electron chi connectivity index (χ1n) is 11.3. The third kappa shape index (κ3) is 5.78. The summed E-state index contributed by atoms with van der Waals surface area (Å²) in [6, 6.07) is 18.9. The van der Waals surface area contributed by atoms with Crippen molar-refractivity contribution in [2.24, 2.45) is 0 Å². The average Bonchev–Trinajstić information content (AvgIpc) is 3.25. The Hall–Kier alpha value is -3.60. The molecule has 0 fully saturated rings. The molecule has 3 aromatic carbocycles. The summed E-state index contributed by atoms with van der Waals surface area (Å²) in [7, 11) is -3.26. The molecular formula is C29H26O5S2. The lowest BCUT2D eigenvalue weighted by Crippen LogP contribution is -2.04. The summed E-state index contributed by atoms with van der Waals surface area (Å²) in [5.74, 6) is 5.22. The number of benzene rings is 3. The van der Waals surface area contributed by atoms with Crippen molar-refractivity contribution in [1.29, 1.82) is 0 Å². The Labute approximate surface area is 215 Å². The van der Waals surface area contributed by atoms with Crippen molar-refractivity contribution in [3.8, 4) is 28.7 Å². The van der Waals surface area contributed by atoms with Gasteiger partial charge in [-0.25, -0.2) is 8.42 Å². The highest BCUT2D eigenvalue weighted by molar-refractivity contribution is 7.90. The number of hydrogen-bond acceptors (Lipinski definition) is 5. The van der Waals surface area contributed by atoms with Crippen LogP contribution in [0, 0.1) is 18.8 Å². The number of thiophene rings is 1. The summed E-state index contributed by atoms with van der Waals surface area (Å²) in [6.07, 6.45) is 1.18. The lowest BCUT2D eigenvalue weighted by atomic mass is 9.96. The second-order valence-corrected chi connectivity index (χ2v) is 11.6. The number of aliphatic carboxylic acids is 1. The molecule has 0 saturated heterocycles. The minimum absolute atomic E-state index is 0.0412. The van der Waals surface area contributed by atoms with Gasteiger partial charge in [0.1, 0.15) is 12.4 Å². The zero-order valence-electron chi connectivity index (χ0n) is 20.2. The second kappa shape index (κ2) is 10.6. The number of carbonyl (C=O) groups is 1. The van der Waals surface area contributed by atoms with Crippen molar-refractivity contribution in [2.75, 3.05) is 6.26 Å². The van der Waals surface area contributed by atoms with E-state index in [-0.39, 0.29) is 12.3 Å². The van der Waals surface area contributed by atoms with Gasteiger partial charge in [0, 0.05) is 21.9 Å². The summed E-state index contributed by atoms with van der Waals surface area (Å²) < 4.78 is 31.0. The molecule has 0 aliphatic carbocycles. The maximum Gasteiger partial charge on any atom is 0.304 e. The molecule has 4 aromatic rings. The highest BCUT2D eigenvalue weighted by Gasteiger charge is 2.15. The van der Waals surface area contributed by atoms with Crippen molar-refractivity contribution in [3.05, 3.63) is 82.7 Å². The molecule has 1 atom stereocenters. The van der Waals surface area contributed by atoms with E-state index in [1.54, 1.807) is 30.4 Å². The van der Waals surface area contributed by atoms with Gasteiger partial charge in [0.25, 0.3) is 0 Å². The van der Waals surface area contributed by atoms with Gasteiger partial charge in [-0.15, -0.1) is 17.3 Å². The van der Waals surface area contributed by atoms with Gasteiger partial charge < -0.3 is 9.84 Å². The minimum Gasteiger partial charge on any atom is -0.489 e. The van der Waals surface area contributed by atoms with Gasteiger partial charge >= 0.3 is 5.97 Å². The van der Waals surface area contributed by atoms with Gasteiger partial charge in [-0.1, -0.05) is 30.2 Å². The molecule has 1 N–H and O–H groups in total. The molecule has 184 valence electrons. The van der Waals surface area contributed by atoms with Crippen LogP contribution in [0.5, 0.6) is 5.75 Å². The zero-order valence-corrected chi connectivity index (χ0v) is 21.9. The predicted molar refractivity (Wildman–Crippen MR) is 144 cm³/mol. The minimum atomic E-state index is -3.26. The first kappa shape index (κ1) is 25.5. The Kier molecular flexibility index (Phi) is 7.48. The first-order valence-corrected chi connectivity index (χ1v) is 14.1. The molecule has 0 aliphatic heterocycles. The third-order valence-electron chi connectivity index (χ3n) is 5.94. The van der Waals surface area contributed by atoms with Crippen molar-refractivity contribution < 1.29 is 23.1 Å². The van der Waals surface area contributed by atoms with Crippen LogP contribution < -0.4 is 4.74 Å². The van der Waals surface area contributed by atoms with Crippen molar-refractivity contribution in [2.45, 2.75) is 37.7 Å². The number of sulfone groups is 1. The molecule has 0 saturated carbocycles. The predicted octanol–water partition coefficient (Wildman–Crippen LogP) is 6.44. The van der Waals surface area contributed by atoms with E-state index in [9.17, 15) is 13.2 Å². The highest BCUT2D eigenvalue weighted by atomic mass is 32.2. The van der Waals surface area contributed by atoms with E-state index < -0.39 is 15.8 Å². The van der Waals surface area contributed by atoms with Crippen LogP contribution in [0.2, 0.25) is 0 Å². The molecule has 0 bridgehead atoms. The Morgan fingerprint density at radius 3 is 2.44 bits per heavy atom. The largest absolute Gasteiger partial charge is 0.489 e. The number of fused-ring (bicyclic) bond motifs is 1. The van der Waals surface area contributed by atoms with E-state index in [2.05, 4.69) is 29.4 Å². The molecular weight excluding hydrogens is 492 g/mol. The molecule has 1 unspecified atom stereocenters. The number of hydrogen-bond donors (Lipinski definition) is 1. The summed E-state index contributed by atoms with van der Waals surface area (Å²) in [6.45, 7) is 4.01. The van der Waals surface area contributed by atoms with Crippen LogP contribution in [-0.4, -0.2) is 25.7 Å². The highest BCUT2D eigenvalue weighted by Crippen LogP contribution is 2.37. The van der Waals surface area contributed by atoms with Crippen LogP contribution in [0.25, 0.3) is 21.2 Å². The molecule has 0 amide bonds. The van der Waals surface area contributed by atoms with Gasteiger partial charge in [0.2, 0.25) is 0 Å². The summed E-state index contributed by atoms with van der Waals surface area (Å²) in [5.41, 5.74) is 4.85. The average molecular weight is 519 g/mol. The Bertz CT molecular complexity index is 1590. The normalized spacial score (nSPS) is 12.1. The summed E-state index contributed by atoms with van der Waals surface area (Å²) >= 11 is 1.65. The van der Waals surface area contributed by atoms with Crippen LogP contribution in [0.3, 0.4) is 0 Å². The fraction of sp³-hybridized carbons (Fsp3) is 0.207. The van der Waals surface area contributed by atoms with E-state index in [1.807, 2.05) is 43.3 Å². The fourth-order valence-electron chi connectivity index (χ4n) is 4.11. The van der Waals surface area contributed by atoms with E-state index in [1.165, 1.54) is 6.26 Å². The topological polar surface area (TPSA) is 80.7 Å². The number of carboxylic acids is 1. The zero-order chi connectivity index (χ0) is 25.9. The van der Waals surface area contributed by atoms with Gasteiger partial charge in [0.05, 0.1) is 17.2 Å². The Morgan fingerprint density at radius 2 is 1.81 bits per heavy atom. The molecule has 36 heavy (non-hydrogen) atoms. The van der Waals surface area contributed by atoms with Crippen LogP contribution in [0.1, 0.15) is 36.0 Å². The van der Waals surface area contributed by atoms with Gasteiger partial charge in [-0.2, -0.15) is 0 Å². The molecule has 5 nitrogen and oxygen atoms in total. The van der Waals surface area contributed by atoms with Crippen molar-refractivity contribution >= 4 is 37.2 Å². The maximum absolute atomic E-state index is 11.9. The quantitative estimate of drug-likeness (QED) is 0.272. The first-order chi connectivity index (χ1) is 17.2. The fourth-order valence-corrected chi connectivity index (χ4v) is 5.76. The van der Waals surface area contributed by atoms with Crippen LogP contribution in [-0.2, 0) is 21.2 Å². The number of ether oxygens (including phenoxy) is 1. The number of aryl methyl sites for hydroxylation is 1. The maximum atomic E-state index is 11.9.